The zero-order chi connectivity index (χ0) is 19.9. The lowest BCUT2D eigenvalue weighted by Crippen LogP contribution is -2.35. The number of nitrogens with zero attached hydrogens (tertiary/aromatic N) is 4. The van der Waals surface area contributed by atoms with Crippen molar-refractivity contribution in [3.63, 3.8) is 0 Å². The van der Waals surface area contributed by atoms with E-state index in [0.717, 1.165) is 45.7 Å². The maximum absolute atomic E-state index is 12.8. The van der Waals surface area contributed by atoms with Crippen LogP contribution < -0.4 is 0 Å². The lowest BCUT2D eigenvalue weighted by atomic mass is 10.0. The molecule has 0 bridgehead atoms. The molecule has 1 fully saturated rings. The Hall–Kier alpha value is -2.40. The number of hydrogen-bond donors (Lipinski definition) is 0. The van der Waals surface area contributed by atoms with Crippen molar-refractivity contribution < 1.29 is 4.79 Å². The van der Waals surface area contributed by atoms with Crippen molar-refractivity contribution in [1.82, 2.24) is 19.6 Å². The van der Waals surface area contributed by atoms with Gasteiger partial charge in [-0.15, -0.1) is 0 Å². The summed E-state index contributed by atoms with van der Waals surface area (Å²) < 4.78 is 1.81. The van der Waals surface area contributed by atoms with E-state index in [4.69, 9.17) is 0 Å². The zero-order valence-electron chi connectivity index (χ0n) is 17.3. The van der Waals surface area contributed by atoms with Crippen molar-refractivity contribution in [2.24, 2.45) is 5.92 Å². The smallest absolute Gasteiger partial charge is 0.257 e. The lowest BCUT2D eigenvalue weighted by molar-refractivity contribution is 0.0762. The molecular formula is C23H32N4O. The maximum atomic E-state index is 12.8. The van der Waals surface area contributed by atoms with E-state index in [-0.39, 0.29) is 5.91 Å². The molecule has 2 aromatic rings. The normalized spacial score (nSPS) is 16.4. The van der Waals surface area contributed by atoms with Gasteiger partial charge in [-0.3, -0.25) is 14.4 Å². The third-order valence-electron chi connectivity index (χ3n) is 5.15. The van der Waals surface area contributed by atoms with Gasteiger partial charge in [0.1, 0.15) is 0 Å². The molecule has 0 radical (unpaired) electrons. The van der Waals surface area contributed by atoms with E-state index < -0.39 is 0 Å². The molecule has 0 unspecified atom stereocenters. The monoisotopic (exact) mass is 380 g/mol. The molecule has 1 aromatic carbocycles. The van der Waals surface area contributed by atoms with Gasteiger partial charge in [-0.25, -0.2) is 0 Å². The minimum atomic E-state index is 0.0996. The third-order valence-corrected chi connectivity index (χ3v) is 5.15. The fourth-order valence-corrected chi connectivity index (χ4v) is 3.70. The van der Waals surface area contributed by atoms with Crippen LogP contribution in [-0.2, 0) is 6.54 Å². The highest BCUT2D eigenvalue weighted by molar-refractivity contribution is 5.93. The number of allylic oxidation sites excluding steroid dienone is 1. The SMILES string of the molecule is CCn1cc(C(=O)N2CCCN(C/C(=C\C(C)C)c3ccccc3)CC2)cn1. The summed E-state index contributed by atoms with van der Waals surface area (Å²) in [5, 5.41) is 4.24. The van der Waals surface area contributed by atoms with Crippen molar-refractivity contribution in [2.45, 2.75) is 33.7 Å². The highest BCUT2D eigenvalue weighted by atomic mass is 16.2. The summed E-state index contributed by atoms with van der Waals surface area (Å²) in [7, 11) is 0. The summed E-state index contributed by atoms with van der Waals surface area (Å²) in [5.74, 6) is 0.609. The number of aryl methyl sites for hydroxylation is 1. The minimum Gasteiger partial charge on any atom is -0.337 e. The number of benzene rings is 1. The van der Waals surface area contributed by atoms with Crippen LogP contribution in [0.3, 0.4) is 0 Å². The molecule has 1 aromatic heterocycles. The second kappa shape index (κ2) is 9.69. The number of hydrogen-bond acceptors (Lipinski definition) is 3. The standard InChI is InChI=1S/C23H32N4O/c1-4-27-18-22(16-24-27)23(28)26-12-8-11-25(13-14-26)17-21(15-19(2)3)20-9-6-5-7-10-20/h5-7,9-10,15-16,18-19H,4,8,11-14,17H2,1-3H3/b21-15+. The van der Waals surface area contributed by atoms with Gasteiger partial charge in [-0.05, 0) is 30.4 Å². The quantitative estimate of drug-likeness (QED) is 0.766. The molecule has 150 valence electrons. The second-order valence-corrected chi connectivity index (χ2v) is 7.81. The van der Waals surface area contributed by atoms with E-state index in [1.807, 2.05) is 18.0 Å². The van der Waals surface area contributed by atoms with Crippen molar-refractivity contribution >= 4 is 11.5 Å². The third kappa shape index (κ3) is 5.32. The number of rotatable bonds is 6. The van der Waals surface area contributed by atoms with Crippen LogP contribution in [0.2, 0.25) is 0 Å². The van der Waals surface area contributed by atoms with Gasteiger partial charge in [0.25, 0.3) is 5.91 Å². The highest BCUT2D eigenvalue weighted by Crippen LogP contribution is 2.19. The van der Waals surface area contributed by atoms with E-state index in [9.17, 15) is 4.79 Å². The molecule has 0 aliphatic carbocycles. The zero-order valence-corrected chi connectivity index (χ0v) is 17.3. The molecule has 0 spiro atoms. The van der Waals surface area contributed by atoms with Gasteiger partial charge in [0.2, 0.25) is 0 Å². The molecule has 1 amide bonds. The van der Waals surface area contributed by atoms with Crippen LogP contribution in [0.25, 0.3) is 5.57 Å². The number of carbonyl (C=O) groups excluding carboxylic acids is 1. The molecule has 28 heavy (non-hydrogen) atoms. The fourth-order valence-electron chi connectivity index (χ4n) is 3.70. The number of aromatic nitrogens is 2. The van der Waals surface area contributed by atoms with Crippen molar-refractivity contribution in [1.29, 1.82) is 0 Å². The summed E-state index contributed by atoms with van der Waals surface area (Å²) >= 11 is 0. The van der Waals surface area contributed by atoms with Gasteiger partial charge >= 0.3 is 0 Å². The molecule has 0 saturated carbocycles. The molecule has 1 saturated heterocycles. The average molecular weight is 381 g/mol. The van der Waals surface area contributed by atoms with Crippen molar-refractivity contribution in [3.8, 4) is 0 Å². The minimum absolute atomic E-state index is 0.0996. The summed E-state index contributed by atoms with van der Waals surface area (Å²) in [6.07, 6.45) is 6.90. The summed E-state index contributed by atoms with van der Waals surface area (Å²) in [6.45, 7) is 11.7. The predicted octanol–water partition coefficient (Wildman–Crippen LogP) is 3.79. The molecule has 5 heteroatoms. The van der Waals surface area contributed by atoms with E-state index in [0.29, 0.717) is 11.5 Å². The topological polar surface area (TPSA) is 41.4 Å². The Kier molecular flexibility index (Phi) is 7.04. The van der Waals surface area contributed by atoms with Crippen LogP contribution in [0.1, 0.15) is 43.1 Å². The summed E-state index contributed by atoms with van der Waals surface area (Å²) in [5.41, 5.74) is 3.36. The van der Waals surface area contributed by atoms with Gasteiger partial charge in [-0.2, -0.15) is 5.10 Å². The molecule has 0 atom stereocenters. The molecule has 1 aliphatic rings. The number of amides is 1. The first-order valence-corrected chi connectivity index (χ1v) is 10.4. The van der Waals surface area contributed by atoms with Gasteiger partial charge in [0.05, 0.1) is 11.8 Å². The van der Waals surface area contributed by atoms with E-state index in [2.05, 4.69) is 60.3 Å². The fraction of sp³-hybridized carbons (Fsp3) is 0.478. The lowest BCUT2D eigenvalue weighted by Gasteiger charge is -2.23. The van der Waals surface area contributed by atoms with Crippen LogP contribution in [0, 0.1) is 5.92 Å². The van der Waals surface area contributed by atoms with Crippen LogP contribution >= 0.6 is 0 Å². The summed E-state index contributed by atoms with van der Waals surface area (Å²) in [4.78, 5) is 17.3. The summed E-state index contributed by atoms with van der Waals surface area (Å²) in [6, 6.07) is 10.6. The first-order chi connectivity index (χ1) is 13.6. The second-order valence-electron chi connectivity index (χ2n) is 7.81. The number of carbonyl (C=O) groups is 1. The Morgan fingerprint density at radius 1 is 1.11 bits per heavy atom. The van der Waals surface area contributed by atoms with Crippen LogP contribution in [-0.4, -0.2) is 58.2 Å². The van der Waals surface area contributed by atoms with E-state index in [1.165, 1.54) is 11.1 Å². The molecular weight excluding hydrogens is 348 g/mol. The molecule has 0 N–H and O–H groups in total. The molecule has 1 aliphatic heterocycles. The Balaban J connectivity index is 1.64. The van der Waals surface area contributed by atoms with Crippen molar-refractivity contribution in [2.75, 3.05) is 32.7 Å². The maximum Gasteiger partial charge on any atom is 0.257 e. The van der Waals surface area contributed by atoms with Gasteiger partial charge in [0, 0.05) is 45.5 Å². The molecule has 2 heterocycles. The highest BCUT2D eigenvalue weighted by Gasteiger charge is 2.22. The van der Waals surface area contributed by atoms with Gasteiger partial charge in [0.15, 0.2) is 0 Å². The van der Waals surface area contributed by atoms with Crippen LogP contribution in [0.5, 0.6) is 0 Å². The Bertz CT molecular complexity index is 794. The van der Waals surface area contributed by atoms with Gasteiger partial charge in [-0.1, -0.05) is 50.3 Å². The average Bonchev–Trinajstić information content (AvgIpc) is 3.07. The predicted molar refractivity (Wildman–Crippen MR) is 114 cm³/mol. The van der Waals surface area contributed by atoms with Crippen molar-refractivity contribution in [3.05, 3.63) is 59.9 Å². The molecule has 3 rings (SSSR count). The molecule has 5 nitrogen and oxygen atoms in total. The van der Waals surface area contributed by atoms with Crippen LogP contribution in [0.15, 0.2) is 48.8 Å². The Morgan fingerprint density at radius 2 is 1.89 bits per heavy atom. The van der Waals surface area contributed by atoms with E-state index >= 15 is 0 Å². The first kappa shape index (κ1) is 20.3. The van der Waals surface area contributed by atoms with Gasteiger partial charge < -0.3 is 4.90 Å². The van der Waals surface area contributed by atoms with E-state index in [1.54, 1.807) is 10.9 Å². The Labute approximate surface area is 168 Å². The van der Waals surface area contributed by atoms with Crippen LogP contribution in [0.4, 0.5) is 0 Å². The Morgan fingerprint density at radius 3 is 2.57 bits per heavy atom. The first-order valence-electron chi connectivity index (χ1n) is 10.4. The largest absolute Gasteiger partial charge is 0.337 e.